The fourth-order valence-corrected chi connectivity index (χ4v) is 2.33. The Morgan fingerprint density at radius 2 is 2.06 bits per heavy atom. The molecular formula is C12H25N3O2. The number of nitrogens with two attached hydrogens (primary N) is 1. The summed E-state index contributed by atoms with van der Waals surface area (Å²) < 4.78 is 0. The Morgan fingerprint density at radius 1 is 1.41 bits per heavy atom. The van der Waals surface area contributed by atoms with Crippen LogP contribution in [0.15, 0.2) is 0 Å². The van der Waals surface area contributed by atoms with E-state index in [4.69, 9.17) is 5.73 Å². The minimum absolute atomic E-state index is 0.0280. The van der Waals surface area contributed by atoms with Gasteiger partial charge >= 0.3 is 6.09 Å². The molecule has 1 amide bonds. The van der Waals surface area contributed by atoms with Gasteiger partial charge in [-0.2, -0.15) is 0 Å². The lowest BCUT2D eigenvalue weighted by molar-refractivity contribution is 0.0216. The fourth-order valence-electron chi connectivity index (χ4n) is 2.33. The largest absolute Gasteiger partial charge is 0.465 e. The van der Waals surface area contributed by atoms with E-state index >= 15 is 0 Å². The topological polar surface area (TPSA) is 69.8 Å². The van der Waals surface area contributed by atoms with E-state index in [0.29, 0.717) is 13.1 Å². The van der Waals surface area contributed by atoms with E-state index in [9.17, 15) is 9.90 Å². The fraction of sp³-hybridized carbons (Fsp3) is 0.917. The smallest absolute Gasteiger partial charge is 0.407 e. The average Bonchev–Trinajstić information content (AvgIpc) is 2.24. The van der Waals surface area contributed by atoms with Gasteiger partial charge < -0.3 is 15.7 Å². The van der Waals surface area contributed by atoms with Gasteiger partial charge in [-0.05, 0) is 24.9 Å². The van der Waals surface area contributed by atoms with E-state index in [-0.39, 0.29) is 11.5 Å². The summed E-state index contributed by atoms with van der Waals surface area (Å²) in [6, 6.07) is 0.0616. The molecule has 0 spiro atoms. The van der Waals surface area contributed by atoms with Crippen LogP contribution in [0.2, 0.25) is 0 Å². The Morgan fingerprint density at radius 3 is 2.53 bits per heavy atom. The molecule has 1 atom stereocenters. The molecular weight excluding hydrogens is 218 g/mol. The normalized spacial score (nSPS) is 22.8. The molecule has 0 bridgehead atoms. The first-order valence-electron chi connectivity index (χ1n) is 6.28. The molecule has 0 radical (unpaired) electrons. The Kier molecular flexibility index (Phi) is 4.77. The molecule has 1 aliphatic heterocycles. The molecule has 1 aliphatic rings. The van der Waals surface area contributed by atoms with E-state index in [1.165, 1.54) is 0 Å². The van der Waals surface area contributed by atoms with Crippen molar-refractivity contribution < 1.29 is 9.90 Å². The lowest BCUT2D eigenvalue weighted by atomic mass is 9.84. The van der Waals surface area contributed by atoms with E-state index in [1.807, 2.05) is 0 Å². The highest BCUT2D eigenvalue weighted by atomic mass is 16.4. The highest BCUT2D eigenvalue weighted by Gasteiger charge is 2.37. The van der Waals surface area contributed by atoms with Crippen molar-refractivity contribution in [2.24, 2.45) is 11.1 Å². The molecule has 0 aromatic heterocycles. The number of piperazine rings is 1. The molecule has 0 aromatic rings. The molecule has 100 valence electrons. The Hall–Kier alpha value is -0.810. The van der Waals surface area contributed by atoms with Gasteiger partial charge in [0.25, 0.3) is 0 Å². The zero-order valence-corrected chi connectivity index (χ0v) is 11.1. The molecule has 17 heavy (non-hydrogen) atoms. The lowest BCUT2D eigenvalue weighted by Gasteiger charge is -2.46. The Labute approximate surface area is 104 Å². The summed E-state index contributed by atoms with van der Waals surface area (Å²) >= 11 is 0. The predicted molar refractivity (Wildman–Crippen MR) is 68.1 cm³/mol. The van der Waals surface area contributed by atoms with Crippen molar-refractivity contribution in [3.05, 3.63) is 0 Å². The zero-order valence-electron chi connectivity index (χ0n) is 11.1. The molecule has 1 fully saturated rings. The number of nitrogens with zero attached hydrogens (tertiary/aromatic N) is 2. The van der Waals surface area contributed by atoms with Crippen LogP contribution in [-0.2, 0) is 0 Å². The van der Waals surface area contributed by atoms with E-state index in [2.05, 4.69) is 25.7 Å². The van der Waals surface area contributed by atoms with Crippen LogP contribution in [0.4, 0.5) is 4.79 Å². The maximum absolute atomic E-state index is 11.2. The highest BCUT2D eigenvalue weighted by Crippen LogP contribution is 2.27. The SMILES string of the molecule is CC(C)(C)C1CN(CCCN)CCN1C(=O)O. The van der Waals surface area contributed by atoms with Gasteiger partial charge in [0.2, 0.25) is 0 Å². The summed E-state index contributed by atoms with van der Waals surface area (Å²) in [5.41, 5.74) is 5.48. The molecule has 5 nitrogen and oxygen atoms in total. The number of hydrogen-bond donors (Lipinski definition) is 2. The van der Waals surface area contributed by atoms with Gasteiger partial charge in [-0.3, -0.25) is 4.90 Å². The maximum Gasteiger partial charge on any atom is 0.407 e. The van der Waals surface area contributed by atoms with Crippen molar-refractivity contribution in [3.8, 4) is 0 Å². The number of rotatable bonds is 3. The van der Waals surface area contributed by atoms with Crippen molar-refractivity contribution in [3.63, 3.8) is 0 Å². The molecule has 0 saturated carbocycles. The first kappa shape index (κ1) is 14.3. The highest BCUT2D eigenvalue weighted by molar-refractivity contribution is 5.65. The summed E-state index contributed by atoms with van der Waals surface area (Å²) in [5, 5.41) is 9.22. The third kappa shape index (κ3) is 3.85. The lowest BCUT2D eigenvalue weighted by Crippen LogP contribution is -2.59. The van der Waals surface area contributed by atoms with Gasteiger partial charge in [-0.25, -0.2) is 4.79 Å². The molecule has 1 heterocycles. The van der Waals surface area contributed by atoms with Gasteiger partial charge in [0.05, 0.1) is 6.04 Å². The summed E-state index contributed by atoms with van der Waals surface area (Å²) in [6.07, 6.45) is 0.174. The van der Waals surface area contributed by atoms with Crippen molar-refractivity contribution in [2.75, 3.05) is 32.7 Å². The number of carbonyl (C=O) groups is 1. The zero-order chi connectivity index (χ0) is 13.1. The Bertz CT molecular complexity index is 263. The predicted octanol–water partition coefficient (Wildman–Crippen LogP) is 1.05. The van der Waals surface area contributed by atoms with Gasteiger partial charge in [0.1, 0.15) is 0 Å². The first-order chi connectivity index (χ1) is 7.86. The van der Waals surface area contributed by atoms with Crippen LogP contribution in [-0.4, -0.2) is 59.8 Å². The van der Waals surface area contributed by atoms with E-state index in [1.54, 1.807) is 4.90 Å². The summed E-state index contributed by atoms with van der Waals surface area (Å²) in [5.74, 6) is 0. The number of hydrogen-bond acceptors (Lipinski definition) is 3. The quantitative estimate of drug-likeness (QED) is 0.777. The van der Waals surface area contributed by atoms with Crippen molar-refractivity contribution in [1.29, 1.82) is 0 Å². The minimum Gasteiger partial charge on any atom is -0.465 e. The van der Waals surface area contributed by atoms with Crippen molar-refractivity contribution >= 4 is 6.09 Å². The third-order valence-corrected chi connectivity index (χ3v) is 3.39. The van der Waals surface area contributed by atoms with Crippen LogP contribution in [0.5, 0.6) is 0 Å². The number of amides is 1. The van der Waals surface area contributed by atoms with Gasteiger partial charge in [0, 0.05) is 19.6 Å². The van der Waals surface area contributed by atoms with Crippen LogP contribution in [0.25, 0.3) is 0 Å². The Balaban J connectivity index is 2.67. The third-order valence-electron chi connectivity index (χ3n) is 3.39. The van der Waals surface area contributed by atoms with E-state index < -0.39 is 6.09 Å². The molecule has 1 unspecified atom stereocenters. The van der Waals surface area contributed by atoms with Gasteiger partial charge in [-0.15, -0.1) is 0 Å². The van der Waals surface area contributed by atoms with Crippen molar-refractivity contribution in [1.82, 2.24) is 9.80 Å². The molecule has 3 N–H and O–H groups in total. The summed E-state index contributed by atoms with van der Waals surface area (Å²) in [7, 11) is 0. The first-order valence-corrected chi connectivity index (χ1v) is 6.28. The van der Waals surface area contributed by atoms with Crippen LogP contribution in [0.1, 0.15) is 27.2 Å². The summed E-state index contributed by atoms with van der Waals surface area (Å²) in [6.45, 7) is 10.2. The van der Waals surface area contributed by atoms with Gasteiger partial charge in [-0.1, -0.05) is 20.8 Å². The molecule has 0 aliphatic carbocycles. The van der Waals surface area contributed by atoms with Crippen LogP contribution in [0.3, 0.4) is 0 Å². The molecule has 5 heteroatoms. The van der Waals surface area contributed by atoms with Crippen LogP contribution in [0, 0.1) is 5.41 Å². The monoisotopic (exact) mass is 243 g/mol. The molecule has 0 aromatic carbocycles. The second-order valence-electron chi connectivity index (χ2n) is 5.80. The second-order valence-corrected chi connectivity index (χ2v) is 5.80. The van der Waals surface area contributed by atoms with Crippen LogP contribution >= 0.6 is 0 Å². The van der Waals surface area contributed by atoms with E-state index in [0.717, 1.165) is 26.1 Å². The summed E-state index contributed by atoms with van der Waals surface area (Å²) in [4.78, 5) is 15.1. The molecule has 1 saturated heterocycles. The standard InChI is InChI=1S/C12H25N3O2/c1-12(2,3)10-9-14(6-4-5-13)7-8-15(10)11(16)17/h10H,4-9,13H2,1-3H3,(H,16,17). The van der Waals surface area contributed by atoms with Crippen LogP contribution < -0.4 is 5.73 Å². The van der Waals surface area contributed by atoms with Gasteiger partial charge in [0.15, 0.2) is 0 Å². The average molecular weight is 243 g/mol. The second kappa shape index (κ2) is 5.69. The minimum atomic E-state index is -0.802. The van der Waals surface area contributed by atoms with Crippen molar-refractivity contribution in [2.45, 2.75) is 33.2 Å². The molecule has 1 rings (SSSR count). The maximum atomic E-state index is 11.2. The number of carboxylic acid groups (broad SMARTS) is 1.